The van der Waals surface area contributed by atoms with Crippen molar-refractivity contribution in [2.45, 2.75) is 71.2 Å². The fourth-order valence-electron chi connectivity index (χ4n) is 4.27. The van der Waals surface area contributed by atoms with E-state index >= 15 is 0 Å². The fourth-order valence-corrected chi connectivity index (χ4v) is 4.27. The number of hydrogen-bond donors (Lipinski definition) is 3. The molecule has 2 amide bonds. The van der Waals surface area contributed by atoms with Gasteiger partial charge in [0.25, 0.3) is 0 Å². The first-order valence-corrected chi connectivity index (χ1v) is 10.2. The first kappa shape index (κ1) is 18.4. The third-order valence-corrected chi connectivity index (χ3v) is 6.37. The lowest BCUT2D eigenvalue weighted by Gasteiger charge is -2.34. The van der Waals surface area contributed by atoms with Gasteiger partial charge in [-0.25, -0.2) is 5.43 Å². The number of carbonyl (C=O) groups is 2. The summed E-state index contributed by atoms with van der Waals surface area (Å²) in [7, 11) is 0. The molecule has 1 aliphatic carbocycles. The average molecular weight is 374 g/mol. The smallest absolute Gasteiger partial charge is 0.239 e. The minimum Gasteiger partial charge on any atom is -0.349 e. The van der Waals surface area contributed by atoms with E-state index < -0.39 is 0 Å². The summed E-state index contributed by atoms with van der Waals surface area (Å²) in [5.41, 5.74) is 8.19. The standard InChI is InChI=1S/C19H30N6O2/c1-3-16-12(2)17(22-21-16)18(26)20-10-14-9-15-11-24(7-8-25(15)23-14)19(27)13-5-4-6-13/h9,12-13,16-17,21-22H,3-8,10-11H2,1-2H3,(H,20,26). The van der Waals surface area contributed by atoms with Gasteiger partial charge in [0.2, 0.25) is 11.8 Å². The van der Waals surface area contributed by atoms with Gasteiger partial charge < -0.3 is 10.2 Å². The zero-order valence-electron chi connectivity index (χ0n) is 16.2. The number of hydrazine groups is 1. The number of carbonyl (C=O) groups excluding carboxylic acids is 2. The van der Waals surface area contributed by atoms with E-state index in [1.165, 1.54) is 6.42 Å². The van der Waals surface area contributed by atoms with Crippen molar-refractivity contribution in [3.63, 3.8) is 0 Å². The Labute approximate surface area is 160 Å². The first-order valence-electron chi connectivity index (χ1n) is 10.2. The van der Waals surface area contributed by atoms with Gasteiger partial charge in [-0.3, -0.25) is 19.7 Å². The molecule has 2 fully saturated rings. The van der Waals surface area contributed by atoms with Crippen LogP contribution in [-0.4, -0.2) is 45.1 Å². The third-order valence-electron chi connectivity index (χ3n) is 6.37. The lowest BCUT2D eigenvalue weighted by molar-refractivity contribution is -0.139. The minimum absolute atomic E-state index is 0.00119. The van der Waals surface area contributed by atoms with Crippen molar-refractivity contribution >= 4 is 11.8 Å². The molecule has 3 atom stereocenters. The van der Waals surface area contributed by atoms with Crippen LogP contribution < -0.4 is 16.2 Å². The van der Waals surface area contributed by atoms with Crippen LogP contribution >= 0.6 is 0 Å². The Morgan fingerprint density at radius 1 is 1.30 bits per heavy atom. The molecule has 0 aromatic carbocycles. The van der Waals surface area contributed by atoms with Gasteiger partial charge in [-0.1, -0.05) is 20.3 Å². The summed E-state index contributed by atoms with van der Waals surface area (Å²) >= 11 is 0. The van der Waals surface area contributed by atoms with Crippen molar-refractivity contribution in [2.24, 2.45) is 11.8 Å². The van der Waals surface area contributed by atoms with Crippen molar-refractivity contribution in [2.75, 3.05) is 6.54 Å². The number of hydrogen-bond acceptors (Lipinski definition) is 5. The maximum absolute atomic E-state index is 12.5. The Morgan fingerprint density at radius 2 is 2.11 bits per heavy atom. The maximum Gasteiger partial charge on any atom is 0.239 e. The molecule has 8 nitrogen and oxygen atoms in total. The van der Waals surface area contributed by atoms with Gasteiger partial charge in [0, 0.05) is 18.5 Å². The van der Waals surface area contributed by atoms with Gasteiger partial charge in [0.1, 0.15) is 6.04 Å². The number of fused-ring (bicyclic) bond motifs is 1. The van der Waals surface area contributed by atoms with E-state index in [0.29, 0.717) is 25.0 Å². The van der Waals surface area contributed by atoms with Crippen molar-refractivity contribution in [1.82, 2.24) is 30.8 Å². The molecular weight excluding hydrogens is 344 g/mol. The zero-order chi connectivity index (χ0) is 19.0. The monoisotopic (exact) mass is 374 g/mol. The second-order valence-corrected chi connectivity index (χ2v) is 8.10. The van der Waals surface area contributed by atoms with Crippen LogP contribution in [0.5, 0.6) is 0 Å². The average Bonchev–Trinajstić information content (AvgIpc) is 3.20. The summed E-state index contributed by atoms with van der Waals surface area (Å²) in [6, 6.07) is 2.11. The van der Waals surface area contributed by atoms with E-state index in [1.807, 2.05) is 15.6 Å². The first-order chi connectivity index (χ1) is 13.1. The van der Waals surface area contributed by atoms with E-state index in [-0.39, 0.29) is 23.8 Å². The second kappa shape index (κ2) is 7.59. The Balaban J connectivity index is 1.32. The quantitative estimate of drug-likeness (QED) is 0.699. The molecule has 4 rings (SSSR count). The van der Waals surface area contributed by atoms with Gasteiger partial charge in [-0.05, 0) is 31.2 Å². The van der Waals surface area contributed by atoms with Crippen LogP contribution in [0.4, 0.5) is 0 Å². The van der Waals surface area contributed by atoms with Crippen molar-refractivity contribution in [3.05, 3.63) is 17.5 Å². The molecule has 0 radical (unpaired) electrons. The zero-order valence-corrected chi connectivity index (χ0v) is 16.2. The van der Waals surface area contributed by atoms with Gasteiger partial charge in [0.15, 0.2) is 0 Å². The van der Waals surface area contributed by atoms with E-state index in [1.54, 1.807) is 0 Å². The van der Waals surface area contributed by atoms with E-state index in [9.17, 15) is 9.59 Å². The second-order valence-electron chi connectivity index (χ2n) is 8.10. The van der Waals surface area contributed by atoms with Crippen molar-refractivity contribution in [3.8, 4) is 0 Å². The van der Waals surface area contributed by atoms with Crippen LogP contribution in [0.2, 0.25) is 0 Å². The summed E-state index contributed by atoms with van der Waals surface area (Å²) < 4.78 is 1.97. The highest BCUT2D eigenvalue weighted by atomic mass is 16.2. The number of nitrogens with zero attached hydrogens (tertiary/aromatic N) is 3. The molecule has 0 spiro atoms. The largest absolute Gasteiger partial charge is 0.349 e. The number of aromatic nitrogens is 2. The SMILES string of the molecule is CCC1NNC(C(=O)NCc2cc3n(n2)CCN(C(=O)C2CCC2)C3)C1C. The molecule has 2 aliphatic heterocycles. The summed E-state index contributed by atoms with van der Waals surface area (Å²) in [6.45, 7) is 6.70. The molecule has 3 heterocycles. The molecule has 1 aromatic heterocycles. The van der Waals surface area contributed by atoms with Gasteiger partial charge >= 0.3 is 0 Å². The Kier molecular flexibility index (Phi) is 5.19. The fraction of sp³-hybridized carbons (Fsp3) is 0.737. The molecule has 1 saturated carbocycles. The van der Waals surface area contributed by atoms with Crippen LogP contribution in [-0.2, 0) is 29.2 Å². The van der Waals surface area contributed by atoms with E-state index in [0.717, 1.165) is 43.7 Å². The predicted molar refractivity (Wildman–Crippen MR) is 100 cm³/mol. The Hall–Kier alpha value is -1.93. The maximum atomic E-state index is 12.5. The van der Waals surface area contributed by atoms with Crippen LogP contribution in [0.25, 0.3) is 0 Å². The molecular formula is C19H30N6O2. The van der Waals surface area contributed by atoms with Crippen molar-refractivity contribution < 1.29 is 9.59 Å². The lowest BCUT2D eigenvalue weighted by atomic mass is 9.84. The summed E-state index contributed by atoms with van der Waals surface area (Å²) in [5, 5.41) is 7.60. The van der Waals surface area contributed by atoms with Gasteiger partial charge in [-0.15, -0.1) is 0 Å². The molecule has 3 unspecified atom stereocenters. The van der Waals surface area contributed by atoms with Gasteiger partial charge in [0.05, 0.1) is 31.0 Å². The highest BCUT2D eigenvalue weighted by Crippen LogP contribution is 2.29. The van der Waals surface area contributed by atoms with Crippen molar-refractivity contribution in [1.29, 1.82) is 0 Å². The third kappa shape index (κ3) is 3.60. The minimum atomic E-state index is -0.220. The molecule has 8 heteroatoms. The van der Waals surface area contributed by atoms with Gasteiger partial charge in [-0.2, -0.15) is 5.10 Å². The number of amides is 2. The normalized spacial score (nSPS) is 27.9. The number of nitrogens with one attached hydrogen (secondary N) is 3. The lowest BCUT2D eigenvalue weighted by Crippen LogP contribution is -2.45. The topological polar surface area (TPSA) is 91.3 Å². The highest BCUT2D eigenvalue weighted by Gasteiger charge is 2.36. The molecule has 3 aliphatic rings. The molecule has 1 saturated heterocycles. The van der Waals surface area contributed by atoms with Crippen LogP contribution in [0.15, 0.2) is 6.07 Å². The van der Waals surface area contributed by atoms with E-state index in [4.69, 9.17) is 0 Å². The molecule has 27 heavy (non-hydrogen) atoms. The molecule has 3 N–H and O–H groups in total. The Morgan fingerprint density at radius 3 is 2.78 bits per heavy atom. The van der Waals surface area contributed by atoms with E-state index in [2.05, 4.69) is 35.1 Å². The Bertz CT molecular complexity index is 713. The summed E-state index contributed by atoms with van der Waals surface area (Å²) in [5.74, 6) is 0.775. The molecule has 1 aromatic rings. The number of rotatable bonds is 5. The summed E-state index contributed by atoms with van der Waals surface area (Å²) in [6.07, 6.45) is 4.23. The van der Waals surface area contributed by atoms with Crippen LogP contribution in [0, 0.1) is 11.8 Å². The van der Waals surface area contributed by atoms with Crippen LogP contribution in [0.3, 0.4) is 0 Å². The summed E-state index contributed by atoms with van der Waals surface area (Å²) in [4.78, 5) is 26.9. The highest BCUT2D eigenvalue weighted by molar-refractivity contribution is 5.82. The molecule has 148 valence electrons. The van der Waals surface area contributed by atoms with Crippen LogP contribution in [0.1, 0.15) is 50.9 Å². The predicted octanol–water partition coefficient (Wildman–Crippen LogP) is 0.533. The molecule has 0 bridgehead atoms.